The quantitative estimate of drug-likeness (QED) is 0.612. The molecule has 5 heteroatoms. The van der Waals surface area contributed by atoms with Gasteiger partial charge in [-0.3, -0.25) is 4.79 Å². The minimum Gasteiger partial charge on any atom is -0.427 e. The minimum atomic E-state index is -1.27. The van der Waals surface area contributed by atoms with Gasteiger partial charge in [0.05, 0.1) is 0 Å². The Morgan fingerprint density at radius 1 is 1.33 bits per heavy atom. The summed E-state index contributed by atoms with van der Waals surface area (Å²) in [6, 6.07) is 9.43. The lowest BCUT2D eigenvalue weighted by molar-refractivity contribution is -0.115. The molecule has 4 nitrogen and oxygen atoms in total. The molecule has 1 atom stereocenters. The maximum absolute atomic E-state index is 9.22. The summed E-state index contributed by atoms with van der Waals surface area (Å²) < 4.78 is 0. The van der Waals surface area contributed by atoms with Crippen LogP contribution in [-0.4, -0.2) is 23.1 Å². The van der Waals surface area contributed by atoms with Gasteiger partial charge in [-0.25, -0.2) is 0 Å². The van der Waals surface area contributed by atoms with Crippen LogP contribution in [0.1, 0.15) is 25.2 Å². The number of primary amides is 1. The highest BCUT2D eigenvalue weighted by Crippen LogP contribution is 2.14. The van der Waals surface area contributed by atoms with E-state index in [4.69, 9.17) is 10.0 Å². The fourth-order valence-electron chi connectivity index (χ4n) is 0.929. The van der Waals surface area contributed by atoms with Gasteiger partial charge in [0.2, 0.25) is 5.91 Å². The van der Waals surface area contributed by atoms with E-state index in [1.165, 1.54) is 6.92 Å². The van der Waals surface area contributed by atoms with Crippen LogP contribution < -0.4 is 5.73 Å². The summed E-state index contributed by atoms with van der Waals surface area (Å²) in [5.41, 5.74) is 5.42. The first-order chi connectivity index (χ1) is 6.95. The van der Waals surface area contributed by atoms with E-state index in [0.29, 0.717) is 0 Å². The van der Waals surface area contributed by atoms with Crippen LogP contribution in [0, 0.1) is 0 Å². The first kappa shape index (κ1) is 13.7. The van der Waals surface area contributed by atoms with Gasteiger partial charge in [0, 0.05) is 12.7 Å². The highest BCUT2D eigenvalue weighted by molar-refractivity contribution is 6.43. The molecule has 0 aliphatic carbocycles. The first-order valence-electron chi connectivity index (χ1n) is 4.62. The first-order valence-corrected chi connectivity index (χ1v) is 4.62. The monoisotopic (exact) mass is 209 g/mol. The minimum absolute atomic E-state index is 0.212. The van der Waals surface area contributed by atoms with E-state index in [2.05, 4.69) is 5.73 Å². The lowest BCUT2D eigenvalue weighted by Gasteiger charge is -2.08. The summed E-state index contributed by atoms with van der Waals surface area (Å²) in [6.45, 7) is 3.08. The van der Waals surface area contributed by atoms with Gasteiger partial charge >= 0.3 is 7.12 Å². The van der Waals surface area contributed by atoms with Crippen LogP contribution >= 0.6 is 0 Å². The van der Waals surface area contributed by atoms with Crippen molar-refractivity contribution in [1.29, 1.82) is 0 Å². The molecule has 15 heavy (non-hydrogen) atoms. The van der Waals surface area contributed by atoms with Gasteiger partial charge in [0.15, 0.2) is 0 Å². The molecule has 0 aliphatic heterocycles. The summed E-state index contributed by atoms with van der Waals surface area (Å²) in [4.78, 5) is 9.22. The Kier molecular flexibility index (Phi) is 6.41. The molecular weight excluding hydrogens is 193 g/mol. The molecule has 0 heterocycles. The lowest BCUT2D eigenvalue weighted by Crippen LogP contribution is -2.20. The van der Waals surface area contributed by atoms with Gasteiger partial charge in [0.25, 0.3) is 0 Å². The maximum atomic E-state index is 9.22. The number of rotatable bonds is 2. The molecular formula is C10H16BNO3. The van der Waals surface area contributed by atoms with Crippen molar-refractivity contribution in [1.82, 2.24) is 0 Å². The molecule has 0 saturated carbocycles. The maximum Gasteiger partial charge on any atom is 0.459 e. The largest absolute Gasteiger partial charge is 0.459 e. The predicted octanol–water partition coefficient (Wildman–Crippen LogP) is 0.294. The molecule has 0 radical (unpaired) electrons. The summed E-state index contributed by atoms with van der Waals surface area (Å²) in [6.07, 6.45) is 0. The van der Waals surface area contributed by atoms with E-state index in [0.717, 1.165) is 5.56 Å². The molecule has 0 spiro atoms. The zero-order chi connectivity index (χ0) is 11.8. The number of hydrogen-bond donors (Lipinski definition) is 3. The smallest absolute Gasteiger partial charge is 0.427 e. The van der Waals surface area contributed by atoms with E-state index in [9.17, 15) is 4.79 Å². The summed E-state index contributed by atoms with van der Waals surface area (Å²) in [5.74, 6) is -0.545. The second-order valence-corrected chi connectivity index (χ2v) is 3.22. The second-order valence-electron chi connectivity index (χ2n) is 3.22. The number of nitrogens with two attached hydrogens (primary N) is 1. The highest BCUT2D eigenvalue weighted by Gasteiger charge is 2.18. The number of hydrogen-bond acceptors (Lipinski definition) is 3. The Morgan fingerprint density at radius 3 is 2.07 bits per heavy atom. The molecule has 1 rings (SSSR count). The molecule has 0 saturated heterocycles. The van der Waals surface area contributed by atoms with Crippen LogP contribution in [0.2, 0.25) is 0 Å². The van der Waals surface area contributed by atoms with Gasteiger partial charge in [0.1, 0.15) is 0 Å². The van der Waals surface area contributed by atoms with Crippen molar-refractivity contribution in [2.24, 2.45) is 5.73 Å². The summed E-state index contributed by atoms with van der Waals surface area (Å²) in [5, 5.41) is 17.7. The summed E-state index contributed by atoms with van der Waals surface area (Å²) in [7, 11) is -1.27. The van der Waals surface area contributed by atoms with Crippen LogP contribution in [0.4, 0.5) is 0 Å². The van der Waals surface area contributed by atoms with Gasteiger partial charge < -0.3 is 15.8 Å². The average Bonchev–Trinajstić information content (AvgIpc) is 2.17. The number of carbonyl (C=O) groups excluding carboxylic acids is 1. The fraction of sp³-hybridized carbons (Fsp3) is 0.300. The normalized spacial score (nSPS) is 10.9. The van der Waals surface area contributed by atoms with Crippen molar-refractivity contribution in [2.75, 3.05) is 0 Å². The molecule has 0 aromatic heterocycles. The SMILES string of the molecule is CC(B(O)O)c1ccccc1.CC(N)=O. The van der Waals surface area contributed by atoms with Gasteiger partial charge in [-0.2, -0.15) is 0 Å². The Hall–Kier alpha value is -1.33. The zero-order valence-corrected chi connectivity index (χ0v) is 8.92. The number of carbonyl (C=O) groups is 1. The van der Waals surface area contributed by atoms with Gasteiger partial charge in [-0.05, 0) is 5.56 Å². The number of benzene rings is 1. The van der Waals surface area contributed by atoms with Crippen molar-refractivity contribution in [2.45, 2.75) is 19.7 Å². The Bertz CT molecular complexity index is 286. The predicted molar refractivity (Wildman–Crippen MR) is 59.9 cm³/mol. The third-order valence-electron chi connectivity index (χ3n) is 1.77. The van der Waals surface area contributed by atoms with Gasteiger partial charge in [-0.15, -0.1) is 0 Å². The zero-order valence-electron chi connectivity index (χ0n) is 8.92. The topological polar surface area (TPSA) is 83.6 Å². The van der Waals surface area contributed by atoms with Crippen molar-refractivity contribution in [3.05, 3.63) is 35.9 Å². The molecule has 1 amide bonds. The third kappa shape index (κ3) is 6.71. The lowest BCUT2D eigenvalue weighted by atomic mass is 9.70. The van der Waals surface area contributed by atoms with Gasteiger partial charge in [-0.1, -0.05) is 37.3 Å². The molecule has 1 unspecified atom stereocenters. The molecule has 82 valence electrons. The van der Waals surface area contributed by atoms with Crippen molar-refractivity contribution < 1.29 is 14.8 Å². The van der Waals surface area contributed by atoms with E-state index in [-0.39, 0.29) is 11.7 Å². The average molecular weight is 209 g/mol. The van der Waals surface area contributed by atoms with Crippen LogP contribution in [0.5, 0.6) is 0 Å². The third-order valence-corrected chi connectivity index (χ3v) is 1.77. The van der Waals surface area contributed by atoms with Crippen LogP contribution in [0.3, 0.4) is 0 Å². The van der Waals surface area contributed by atoms with E-state index >= 15 is 0 Å². The molecule has 0 bridgehead atoms. The van der Waals surface area contributed by atoms with Crippen molar-refractivity contribution >= 4 is 13.0 Å². The fourth-order valence-corrected chi connectivity index (χ4v) is 0.929. The van der Waals surface area contributed by atoms with Crippen LogP contribution in [-0.2, 0) is 4.79 Å². The molecule has 1 aromatic carbocycles. The Labute approximate surface area is 89.9 Å². The molecule has 1 aromatic rings. The van der Waals surface area contributed by atoms with E-state index < -0.39 is 7.12 Å². The van der Waals surface area contributed by atoms with Crippen LogP contribution in [0.15, 0.2) is 30.3 Å². The van der Waals surface area contributed by atoms with E-state index in [1.807, 2.05) is 30.3 Å². The standard InChI is InChI=1S/C8H11BO2.C2H5NO/c1-7(9(10)11)8-5-3-2-4-6-8;1-2(3)4/h2-7,10-11H,1H3;1H3,(H2,3,4). The summed E-state index contributed by atoms with van der Waals surface area (Å²) >= 11 is 0. The molecule has 4 N–H and O–H groups in total. The van der Waals surface area contributed by atoms with E-state index in [1.54, 1.807) is 6.92 Å². The second kappa shape index (κ2) is 7.03. The molecule has 0 fully saturated rings. The molecule has 0 aliphatic rings. The highest BCUT2D eigenvalue weighted by atomic mass is 16.4. The Balaban J connectivity index is 0.000000423. The van der Waals surface area contributed by atoms with Crippen LogP contribution in [0.25, 0.3) is 0 Å². The van der Waals surface area contributed by atoms with Crippen molar-refractivity contribution in [3.63, 3.8) is 0 Å². The number of amides is 1. The van der Waals surface area contributed by atoms with Crippen molar-refractivity contribution in [3.8, 4) is 0 Å². The Morgan fingerprint density at radius 2 is 1.73 bits per heavy atom.